The van der Waals surface area contributed by atoms with Crippen molar-refractivity contribution in [2.24, 2.45) is 4.99 Å². The van der Waals surface area contributed by atoms with Crippen molar-refractivity contribution in [3.8, 4) is 22.5 Å². The van der Waals surface area contributed by atoms with Crippen molar-refractivity contribution < 1.29 is 106 Å². The number of nitrogens with zero attached hydrogens (tertiary/aromatic N) is 2. The predicted octanol–water partition coefficient (Wildman–Crippen LogP) is 20.3. The number of Topliss-reactive ketones (excluding diaryl/α,β-unsaturated/α-hetero) is 1. The molecule has 10 heterocycles. The standard InChI is InChI=1S/C16H15NOS.C16H21NS.C15H13NOS.C12H12OS.C11H11NO2S.C9H6O2S.C7H10O4.C4H8O2.C4H8O.C2H7NO.CH2Cl2.2CO2.Li.H2O/c1-3-11-8-10(2)16(18)17-15(11)13-4-5-14-12(9-13)6-7-19-14;1-5-6-14(17-16(2,3)4)12-7-8-15-13(11-12)9-10-18-15;1-2-10-4-6-14(17)16-15(10)12-3-5-13-11(9-12)7-8-18-13;1-2-3-11(13)9-4-5-12-10(8-9)6-7-14-12;1-12(14-2)11(13)9-3-4-10-8(7-9)5-6-15-10;10-9(11)7-1-2-8-6(5-7)3-4-12-8;1-4-5(6(8)10-2)7(9)11-3;5-4-2-1-3-6-4;1-2-4-5-3-1;1-3-4-2;3*2-1-3;;/h4-9H,3H2,1-2H3,(H,17,18);7-11H,5-6H2,1-4H3;3-9H,2H2,1H3,(H,16,17);4-8H,2-3H2,1H3;3-7H,1-2H3;1-5H,(H,10,11);4H,1-3H3;4-5H,1-3H2;1-4H2;3H,1-2H3;1H2;;;;1H2/q;;;;;;;;;;;;;+1;/p-1. The van der Waals surface area contributed by atoms with Gasteiger partial charge < -0.3 is 49.4 Å². The largest absolute Gasteiger partial charge is 1.00 e. The number of allylic oxidation sites excluding steroid dienone is 1. The number of amides is 1. The Labute approximate surface area is 820 Å². The number of hydroxylamine groups is 3. The summed E-state index contributed by atoms with van der Waals surface area (Å²) in [6.45, 7) is 21.1. The number of rotatable bonds is 16. The monoisotopic (exact) mass is 1960 g/mol. The van der Waals surface area contributed by atoms with Gasteiger partial charge in [0.1, 0.15) is 5.57 Å². The Balaban J connectivity index is 0.000000505. The van der Waals surface area contributed by atoms with Crippen LogP contribution < -0.4 is 35.5 Å². The van der Waals surface area contributed by atoms with Crippen LogP contribution in [-0.2, 0) is 70.2 Å². The van der Waals surface area contributed by atoms with E-state index in [1.54, 1.807) is 114 Å². The molecule has 34 heteroatoms. The Morgan fingerprint density at radius 1 is 0.556 bits per heavy atom. The number of aromatic nitrogens is 2. The van der Waals surface area contributed by atoms with Gasteiger partial charge in [-0.2, -0.15) is 19.2 Å². The van der Waals surface area contributed by atoms with Crippen LogP contribution >= 0.6 is 91.2 Å². The number of aromatic amines is 2. The molecule has 706 valence electrons. The SMILES string of the molecule is C1CCOC1.CC=C(C(=O)OC)C(=O)OC.CCCC(=NC(C)(C)C)c1ccc2sccc2c1.CCCC(=O)c1ccc2sccc2c1.CCc1cc(C)c(=O)[nH]c1-c1ccc2sccc2c1.CCc1ccc(=O)[nH]c1-c1ccc2sccc2c1.CNOC.CON(C)C(=O)c1ccc2sccc2c1.ClCCl.O=C(O)c1ccc2sccc2c1.O=C=O.O=C=O.OC1CCCO1.[Li+].[OH-]. The number of nitrogens with one attached hydrogen (secondary N) is 3. The summed E-state index contributed by atoms with van der Waals surface area (Å²) in [4.78, 5) is 131. The third kappa shape index (κ3) is 41.5. The molecule has 1 unspecified atom stereocenters. The molecule has 0 spiro atoms. The number of aliphatic imine (C=N–C) groups is 1. The fourth-order valence-electron chi connectivity index (χ4n) is 12.2. The number of aliphatic hydroxyl groups is 1. The summed E-state index contributed by atoms with van der Waals surface area (Å²) < 4.78 is 25.7. The molecule has 2 saturated heterocycles. The molecule has 1 atom stereocenters. The summed E-state index contributed by atoms with van der Waals surface area (Å²) in [6, 6.07) is 54.0. The normalized spacial score (nSPS) is 11.7. The molecule has 14 aromatic rings. The number of carboxylic acid groups (broad SMARTS) is 1. The number of carbonyl (C=O) groups is 5. The minimum absolute atomic E-state index is 0. The first-order valence-corrected chi connectivity index (χ1v) is 47.8. The third-order valence-electron chi connectivity index (χ3n) is 18.5. The van der Waals surface area contributed by atoms with Crippen LogP contribution in [-0.4, -0.2) is 158 Å². The van der Waals surface area contributed by atoms with Gasteiger partial charge in [-0.25, -0.2) is 24.9 Å². The molecule has 1 amide bonds. The van der Waals surface area contributed by atoms with Crippen molar-refractivity contribution in [1.29, 1.82) is 0 Å². The number of alkyl halides is 2. The van der Waals surface area contributed by atoms with Crippen LogP contribution in [0.25, 0.3) is 83.0 Å². The van der Waals surface area contributed by atoms with Crippen LogP contribution in [0.5, 0.6) is 0 Å². The number of hydrogen-bond donors (Lipinski definition) is 5. The van der Waals surface area contributed by atoms with Crippen molar-refractivity contribution in [1.82, 2.24) is 20.5 Å². The predicted molar refractivity (Wildman–Crippen MR) is 537 cm³/mol. The van der Waals surface area contributed by atoms with Crippen LogP contribution in [0.2, 0.25) is 0 Å². The van der Waals surface area contributed by atoms with Crippen molar-refractivity contribution >= 4 is 199 Å². The quantitative estimate of drug-likeness (QED) is 0.00690. The Bertz CT molecular complexity index is 6080. The summed E-state index contributed by atoms with van der Waals surface area (Å²) in [5.41, 5.74) is 13.8. The molecule has 133 heavy (non-hydrogen) atoms. The van der Waals surface area contributed by atoms with Crippen molar-refractivity contribution in [2.75, 3.05) is 67.7 Å². The molecule has 2 aliphatic rings. The van der Waals surface area contributed by atoms with Crippen LogP contribution in [0, 0.1) is 6.92 Å². The first kappa shape index (κ1) is 119. The number of thiophene rings is 6. The van der Waals surface area contributed by atoms with Crippen molar-refractivity contribution in [3.05, 3.63) is 267 Å². The number of halogens is 2. The van der Waals surface area contributed by atoms with Crippen molar-refractivity contribution in [2.45, 2.75) is 138 Å². The maximum Gasteiger partial charge on any atom is 1.00 e. The van der Waals surface area contributed by atoms with E-state index in [-0.39, 0.29) is 75.9 Å². The van der Waals surface area contributed by atoms with Gasteiger partial charge in [-0.15, -0.1) is 91.2 Å². The van der Waals surface area contributed by atoms with Gasteiger partial charge in [0.25, 0.3) is 11.5 Å². The maximum atomic E-state index is 11.8. The zero-order valence-electron chi connectivity index (χ0n) is 77.5. The minimum Gasteiger partial charge on any atom is -0.870 e. The van der Waals surface area contributed by atoms with E-state index in [9.17, 15) is 33.6 Å². The van der Waals surface area contributed by atoms with E-state index < -0.39 is 24.2 Å². The second-order valence-electron chi connectivity index (χ2n) is 28.7. The van der Waals surface area contributed by atoms with Gasteiger partial charge in [0.2, 0.25) is 5.56 Å². The summed E-state index contributed by atoms with van der Waals surface area (Å²) in [6.07, 6.45) is 11.4. The number of carboxylic acids is 1. The third-order valence-corrected chi connectivity index (χ3v) is 23.9. The van der Waals surface area contributed by atoms with Crippen molar-refractivity contribution in [3.63, 3.8) is 0 Å². The second-order valence-corrected chi connectivity index (χ2v) is 35.2. The van der Waals surface area contributed by atoms with E-state index in [1.165, 1.54) is 113 Å². The topological polar surface area (TPSA) is 373 Å². The molecular formula is C99H114Cl2LiN5O20S6. The molecule has 16 rings (SSSR count). The van der Waals surface area contributed by atoms with E-state index in [0.29, 0.717) is 17.5 Å². The van der Waals surface area contributed by atoms with Crippen LogP contribution in [0.4, 0.5) is 0 Å². The van der Waals surface area contributed by atoms with Gasteiger partial charge in [-0.3, -0.25) is 29.0 Å². The number of aryl methyl sites for hydroxylation is 3. The van der Waals surface area contributed by atoms with E-state index in [4.69, 9.17) is 71.9 Å². The van der Waals surface area contributed by atoms with E-state index in [0.717, 1.165) is 114 Å². The summed E-state index contributed by atoms with van der Waals surface area (Å²) >= 11 is 19.8. The zero-order valence-corrected chi connectivity index (χ0v) is 83.9. The molecule has 6 N–H and O–H groups in total. The first-order chi connectivity index (χ1) is 63.0. The summed E-state index contributed by atoms with van der Waals surface area (Å²) in [5.74, 6) is -2.12. The van der Waals surface area contributed by atoms with Crippen LogP contribution in [0.15, 0.2) is 222 Å². The molecule has 0 bridgehead atoms. The van der Waals surface area contributed by atoms with E-state index in [1.807, 2.05) is 91.3 Å². The second kappa shape index (κ2) is 66.1. The van der Waals surface area contributed by atoms with Gasteiger partial charge in [0, 0.05) is 103 Å². The molecule has 0 aliphatic carbocycles. The molecule has 0 radical (unpaired) electrons. The number of methoxy groups -OCH3 is 2. The first-order valence-electron chi connectivity index (χ1n) is 41.5. The van der Waals surface area contributed by atoms with E-state index >= 15 is 0 Å². The van der Waals surface area contributed by atoms with E-state index in [2.05, 4.69) is 172 Å². The maximum absolute atomic E-state index is 11.8. The smallest absolute Gasteiger partial charge is 0.870 e. The number of esters is 2. The summed E-state index contributed by atoms with van der Waals surface area (Å²) in [7, 11) is 8.75. The number of H-pyrrole nitrogens is 2. The Kier molecular flexibility index (Phi) is 59.0. The van der Waals surface area contributed by atoms with Crippen LogP contribution in [0.1, 0.15) is 160 Å². The number of benzene rings is 6. The van der Waals surface area contributed by atoms with Gasteiger partial charge in [0.05, 0.1) is 56.3 Å². The number of fused-ring (bicyclic) bond motifs is 6. The molecule has 0 saturated carbocycles. The molecule has 2 fully saturated rings. The molecular weight excluding hydrogens is 1850 g/mol. The average Bonchev–Trinajstić information content (AvgIpc) is 0.809. The number of carbonyl (C=O) groups excluding carboxylic acids is 8. The van der Waals surface area contributed by atoms with Crippen LogP contribution in [0.3, 0.4) is 0 Å². The average molecular weight is 1960 g/mol. The number of aromatic carboxylic acids is 1. The van der Waals surface area contributed by atoms with Gasteiger partial charge in [-0.05, 0) is 305 Å². The molecule has 8 aromatic heterocycles. The van der Waals surface area contributed by atoms with Gasteiger partial charge in [-0.1, -0.05) is 64.5 Å². The number of ketones is 1. The Hall–Kier alpha value is -10.4. The fourth-order valence-corrected chi connectivity index (χ4v) is 16.8. The number of pyridine rings is 2. The van der Waals surface area contributed by atoms with Gasteiger partial charge >= 0.3 is 49.1 Å². The fraction of sp³-hybridized carbons (Fsp3) is 0.313. The molecule has 6 aromatic carbocycles. The number of hydrogen-bond acceptors (Lipinski definition) is 27. The minimum atomic E-state index is -0.872. The number of aliphatic hydroxyl groups excluding tert-OH is 1. The number of ether oxygens (including phenoxy) is 4. The zero-order chi connectivity index (χ0) is 96.8. The summed E-state index contributed by atoms with van der Waals surface area (Å²) in [5, 5.41) is 38.0. The van der Waals surface area contributed by atoms with Gasteiger partial charge in [0.15, 0.2) is 12.1 Å². The Morgan fingerprint density at radius 2 is 0.940 bits per heavy atom. The molecule has 2 aliphatic heterocycles. The molecule has 25 nitrogen and oxygen atoms in total. The Morgan fingerprint density at radius 3 is 1.29 bits per heavy atom.